The zero-order chi connectivity index (χ0) is 14.7. The largest absolute Gasteiger partial charge is 0.454 e. The van der Waals surface area contributed by atoms with Gasteiger partial charge < -0.3 is 4.42 Å². The van der Waals surface area contributed by atoms with Crippen molar-refractivity contribution < 1.29 is 9.21 Å². The van der Waals surface area contributed by atoms with Crippen molar-refractivity contribution in [2.24, 2.45) is 11.8 Å². The fourth-order valence-electron chi connectivity index (χ4n) is 3.23. The summed E-state index contributed by atoms with van der Waals surface area (Å²) in [7, 11) is 2.13. The second-order valence-corrected chi connectivity index (χ2v) is 5.94. The van der Waals surface area contributed by atoms with Gasteiger partial charge in [0.25, 0.3) is 0 Å². The molecule has 1 amide bonds. The van der Waals surface area contributed by atoms with Crippen molar-refractivity contribution in [2.45, 2.75) is 52.1 Å². The number of amides is 1. The maximum atomic E-state index is 11.5. The van der Waals surface area contributed by atoms with Crippen molar-refractivity contribution in [1.29, 1.82) is 0 Å². The minimum Gasteiger partial charge on any atom is -0.454 e. The predicted molar refractivity (Wildman–Crippen MR) is 78.0 cm³/mol. The number of rotatable bonds is 4. The fourth-order valence-corrected chi connectivity index (χ4v) is 3.23. The number of nitrogen functional groups attached to an aromatic ring is 1. The summed E-state index contributed by atoms with van der Waals surface area (Å²) in [6, 6.07) is 2.52. The Bertz CT molecular complexity index is 470. The zero-order valence-corrected chi connectivity index (χ0v) is 12.6. The SMILES string of the molecule is Cc1cc(CN(C)C2CCCCC2C)oc1C(=O)NN. The van der Waals surface area contributed by atoms with Gasteiger partial charge in [-0.3, -0.25) is 15.1 Å². The summed E-state index contributed by atoms with van der Waals surface area (Å²) in [5.41, 5.74) is 2.94. The van der Waals surface area contributed by atoms with Gasteiger partial charge in [-0.25, -0.2) is 5.84 Å². The molecule has 1 aromatic heterocycles. The maximum absolute atomic E-state index is 11.5. The maximum Gasteiger partial charge on any atom is 0.301 e. The van der Waals surface area contributed by atoms with E-state index in [0.29, 0.717) is 11.8 Å². The van der Waals surface area contributed by atoms with Gasteiger partial charge in [0.05, 0.1) is 6.54 Å². The minimum absolute atomic E-state index is 0.313. The van der Waals surface area contributed by atoms with E-state index < -0.39 is 0 Å². The van der Waals surface area contributed by atoms with Crippen LogP contribution in [0.2, 0.25) is 0 Å². The van der Waals surface area contributed by atoms with E-state index >= 15 is 0 Å². The van der Waals surface area contributed by atoms with Gasteiger partial charge in [-0.05, 0) is 38.8 Å². The Morgan fingerprint density at radius 3 is 2.85 bits per heavy atom. The molecule has 1 saturated carbocycles. The molecular weight excluding hydrogens is 254 g/mol. The monoisotopic (exact) mass is 279 g/mol. The van der Waals surface area contributed by atoms with Crippen LogP contribution < -0.4 is 11.3 Å². The lowest BCUT2D eigenvalue weighted by molar-refractivity contribution is 0.0915. The number of hydrogen-bond acceptors (Lipinski definition) is 4. The number of aryl methyl sites for hydroxylation is 1. The topological polar surface area (TPSA) is 71.5 Å². The smallest absolute Gasteiger partial charge is 0.301 e. The molecule has 1 aliphatic rings. The van der Waals surface area contributed by atoms with Crippen LogP contribution in [-0.2, 0) is 6.54 Å². The van der Waals surface area contributed by atoms with Gasteiger partial charge in [0.15, 0.2) is 5.76 Å². The molecule has 5 nitrogen and oxygen atoms in total. The normalized spacial score (nSPS) is 23.1. The Kier molecular flexibility index (Phi) is 4.83. The highest BCUT2D eigenvalue weighted by molar-refractivity contribution is 5.92. The van der Waals surface area contributed by atoms with E-state index in [1.54, 1.807) is 0 Å². The van der Waals surface area contributed by atoms with E-state index in [2.05, 4.69) is 24.3 Å². The number of nitrogens with two attached hydrogens (primary N) is 1. The number of hydrogen-bond donors (Lipinski definition) is 2. The molecular formula is C15H25N3O2. The van der Waals surface area contributed by atoms with E-state index in [4.69, 9.17) is 10.3 Å². The lowest BCUT2D eigenvalue weighted by atomic mass is 9.85. The molecule has 2 rings (SSSR count). The predicted octanol–water partition coefficient (Wildman–Crippen LogP) is 2.20. The van der Waals surface area contributed by atoms with Crippen molar-refractivity contribution in [3.63, 3.8) is 0 Å². The van der Waals surface area contributed by atoms with Crippen LogP contribution in [0.5, 0.6) is 0 Å². The van der Waals surface area contributed by atoms with Crippen LogP contribution in [0.25, 0.3) is 0 Å². The van der Waals surface area contributed by atoms with Gasteiger partial charge in [-0.15, -0.1) is 0 Å². The van der Waals surface area contributed by atoms with Gasteiger partial charge in [-0.2, -0.15) is 0 Å². The summed E-state index contributed by atoms with van der Waals surface area (Å²) in [6.07, 6.45) is 5.18. The lowest BCUT2D eigenvalue weighted by Crippen LogP contribution is -2.38. The third-order valence-electron chi connectivity index (χ3n) is 4.34. The van der Waals surface area contributed by atoms with Crippen molar-refractivity contribution >= 4 is 5.91 Å². The summed E-state index contributed by atoms with van der Waals surface area (Å²) in [4.78, 5) is 13.9. The third-order valence-corrected chi connectivity index (χ3v) is 4.34. The van der Waals surface area contributed by atoms with Crippen LogP contribution in [0.4, 0.5) is 0 Å². The van der Waals surface area contributed by atoms with E-state index in [-0.39, 0.29) is 5.91 Å². The quantitative estimate of drug-likeness (QED) is 0.503. The molecule has 1 aliphatic carbocycles. The molecule has 2 unspecified atom stereocenters. The summed E-state index contributed by atoms with van der Waals surface area (Å²) in [5.74, 6) is 6.63. The first-order valence-electron chi connectivity index (χ1n) is 7.33. The van der Waals surface area contributed by atoms with Gasteiger partial charge in [0.2, 0.25) is 0 Å². The molecule has 3 N–H and O–H groups in total. The van der Waals surface area contributed by atoms with Crippen molar-refractivity contribution in [2.75, 3.05) is 7.05 Å². The van der Waals surface area contributed by atoms with E-state index in [9.17, 15) is 4.79 Å². The van der Waals surface area contributed by atoms with E-state index in [1.165, 1.54) is 25.7 Å². The first-order valence-corrected chi connectivity index (χ1v) is 7.33. The fraction of sp³-hybridized carbons (Fsp3) is 0.667. The number of hydrazine groups is 1. The second kappa shape index (κ2) is 6.41. The average Bonchev–Trinajstić information content (AvgIpc) is 2.79. The van der Waals surface area contributed by atoms with Crippen LogP contribution in [-0.4, -0.2) is 23.9 Å². The number of nitrogens with zero attached hydrogens (tertiary/aromatic N) is 1. The molecule has 1 heterocycles. The molecule has 0 bridgehead atoms. The standard InChI is InChI=1S/C15H25N3O2/c1-10-6-4-5-7-13(10)18(3)9-12-8-11(2)14(20-12)15(19)17-16/h8,10,13H,4-7,9,16H2,1-3H3,(H,17,19). The van der Waals surface area contributed by atoms with Gasteiger partial charge >= 0.3 is 5.91 Å². The molecule has 0 aliphatic heterocycles. The first kappa shape index (κ1) is 15.1. The van der Waals surface area contributed by atoms with Gasteiger partial charge in [-0.1, -0.05) is 19.8 Å². The van der Waals surface area contributed by atoms with Crippen LogP contribution in [0.3, 0.4) is 0 Å². The third kappa shape index (κ3) is 3.22. The summed E-state index contributed by atoms with van der Waals surface area (Å²) < 4.78 is 5.63. The zero-order valence-electron chi connectivity index (χ0n) is 12.6. The molecule has 0 aromatic carbocycles. The summed E-state index contributed by atoms with van der Waals surface area (Å²) in [5, 5.41) is 0. The summed E-state index contributed by atoms with van der Waals surface area (Å²) >= 11 is 0. The molecule has 0 saturated heterocycles. The van der Waals surface area contributed by atoms with E-state index in [1.807, 2.05) is 13.0 Å². The molecule has 5 heteroatoms. The molecule has 112 valence electrons. The Morgan fingerprint density at radius 2 is 2.20 bits per heavy atom. The first-order chi connectivity index (χ1) is 9.52. The van der Waals surface area contributed by atoms with Crippen LogP contribution >= 0.6 is 0 Å². The molecule has 0 radical (unpaired) electrons. The Balaban J connectivity index is 2.04. The van der Waals surface area contributed by atoms with Crippen molar-refractivity contribution in [1.82, 2.24) is 10.3 Å². The second-order valence-electron chi connectivity index (χ2n) is 5.94. The van der Waals surface area contributed by atoms with Gasteiger partial charge in [0, 0.05) is 11.6 Å². The van der Waals surface area contributed by atoms with Gasteiger partial charge in [0.1, 0.15) is 5.76 Å². The number of carbonyl (C=O) groups excluding carboxylic acids is 1. The molecule has 2 atom stereocenters. The highest BCUT2D eigenvalue weighted by Gasteiger charge is 2.26. The van der Waals surface area contributed by atoms with Crippen molar-refractivity contribution in [3.05, 3.63) is 23.2 Å². The van der Waals surface area contributed by atoms with Crippen molar-refractivity contribution in [3.8, 4) is 0 Å². The molecule has 1 aromatic rings. The Labute approximate surface area is 120 Å². The minimum atomic E-state index is -0.373. The number of nitrogens with one attached hydrogen (secondary N) is 1. The lowest BCUT2D eigenvalue weighted by Gasteiger charge is -2.35. The Hall–Kier alpha value is -1.33. The van der Waals surface area contributed by atoms with Crippen LogP contribution in [0.1, 0.15) is 54.5 Å². The highest BCUT2D eigenvalue weighted by Crippen LogP contribution is 2.28. The number of carbonyl (C=O) groups is 1. The molecule has 20 heavy (non-hydrogen) atoms. The summed E-state index contributed by atoms with van der Waals surface area (Å²) in [6.45, 7) is 4.91. The van der Waals surface area contributed by atoms with Crippen LogP contribution in [0.15, 0.2) is 10.5 Å². The average molecular weight is 279 g/mol. The highest BCUT2D eigenvalue weighted by atomic mass is 16.4. The van der Waals surface area contributed by atoms with E-state index in [0.717, 1.165) is 23.8 Å². The number of furan rings is 1. The molecule has 1 fully saturated rings. The van der Waals surface area contributed by atoms with Crippen LogP contribution in [0, 0.1) is 12.8 Å². The molecule has 0 spiro atoms. The Morgan fingerprint density at radius 1 is 1.50 bits per heavy atom.